The maximum atomic E-state index is 12.6. The number of piperazine rings is 1. The van der Waals surface area contributed by atoms with Gasteiger partial charge >= 0.3 is 5.63 Å². The van der Waals surface area contributed by atoms with E-state index in [-0.39, 0.29) is 0 Å². The van der Waals surface area contributed by atoms with Crippen LogP contribution in [0.15, 0.2) is 52.1 Å². The summed E-state index contributed by atoms with van der Waals surface area (Å²) in [7, 11) is 0. The molecule has 142 valence electrons. The van der Waals surface area contributed by atoms with Gasteiger partial charge in [0, 0.05) is 49.1 Å². The van der Waals surface area contributed by atoms with Crippen LogP contribution in [0, 0.1) is 0 Å². The molecule has 0 saturated carbocycles. The van der Waals surface area contributed by atoms with Crippen LogP contribution < -0.4 is 15.8 Å². The summed E-state index contributed by atoms with van der Waals surface area (Å²) in [5.41, 5.74) is 0.815. The predicted octanol–water partition coefficient (Wildman–Crippen LogP) is 2.08. The summed E-state index contributed by atoms with van der Waals surface area (Å²) in [6.45, 7) is 6.03. The molecule has 1 aliphatic heterocycles. The van der Waals surface area contributed by atoms with Crippen molar-refractivity contribution >= 4 is 22.7 Å². The van der Waals surface area contributed by atoms with Gasteiger partial charge < -0.3 is 14.6 Å². The number of pyridine rings is 1. The zero-order valence-corrected chi connectivity index (χ0v) is 15.7. The third-order valence-electron chi connectivity index (χ3n) is 4.98. The fourth-order valence-corrected chi connectivity index (χ4v) is 3.82. The molecule has 1 aliphatic rings. The van der Waals surface area contributed by atoms with Crippen LogP contribution in [-0.4, -0.2) is 44.5 Å². The molecule has 0 radical (unpaired) electrons. The molecule has 5 heterocycles. The predicted molar refractivity (Wildman–Crippen MR) is 107 cm³/mol. The zero-order valence-electron chi connectivity index (χ0n) is 15.7. The Bertz CT molecular complexity index is 1190. The van der Waals surface area contributed by atoms with E-state index in [1.807, 2.05) is 24.4 Å². The molecule has 0 spiro atoms. The van der Waals surface area contributed by atoms with Crippen molar-refractivity contribution in [3.63, 3.8) is 0 Å². The van der Waals surface area contributed by atoms with Gasteiger partial charge in [-0.2, -0.15) is 4.98 Å². The first-order valence-electron chi connectivity index (χ1n) is 9.33. The normalized spacial score (nSPS) is 20.1. The van der Waals surface area contributed by atoms with E-state index in [1.54, 1.807) is 22.9 Å². The number of nitrogens with zero attached hydrogens (tertiary/aromatic N) is 5. The van der Waals surface area contributed by atoms with Crippen molar-refractivity contribution in [1.29, 1.82) is 0 Å². The highest BCUT2D eigenvalue weighted by atomic mass is 16.4. The van der Waals surface area contributed by atoms with Crippen LogP contribution in [0.4, 0.5) is 5.82 Å². The van der Waals surface area contributed by atoms with Crippen LogP contribution in [-0.2, 0) is 0 Å². The number of rotatable bonds is 2. The van der Waals surface area contributed by atoms with Crippen molar-refractivity contribution in [1.82, 2.24) is 24.7 Å². The summed E-state index contributed by atoms with van der Waals surface area (Å²) in [6.07, 6.45) is 5.27. The van der Waals surface area contributed by atoms with Crippen LogP contribution >= 0.6 is 0 Å². The summed E-state index contributed by atoms with van der Waals surface area (Å²) in [5, 5.41) is 4.27. The molecule has 0 unspecified atom stereocenters. The minimum atomic E-state index is -0.456. The summed E-state index contributed by atoms with van der Waals surface area (Å²) < 4.78 is 7.32. The van der Waals surface area contributed by atoms with Crippen LogP contribution in [0.5, 0.6) is 0 Å². The lowest BCUT2D eigenvalue weighted by Gasteiger charge is -2.36. The van der Waals surface area contributed by atoms with E-state index < -0.39 is 5.63 Å². The van der Waals surface area contributed by atoms with Gasteiger partial charge in [0.1, 0.15) is 5.82 Å². The molecule has 4 aromatic heterocycles. The van der Waals surface area contributed by atoms with E-state index in [2.05, 4.69) is 39.0 Å². The first-order valence-corrected chi connectivity index (χ1v) is 9.33. The van der Waals surface area contributed by atoms with E-state index in [1.165, 1.54) is 0 Å². The topological polar surface area (TPSA) is 88.6 Å². The van der Waals surface area contributed by atoms with Crippen LogP contribution in [0.3, 0.4) is 0 Å². The fraction of sp³-hybridized carbons (Fsp3) is 0.300. The second-order valence-corrected chi connectivity index (χ2v) is 7.34. The number of fused-ring (bicyclic) bond motifs is 2. The van der Waals surface area contributed by atoms with E-state index in [0.29, 0.717) is 34.8 Å². The Labute approximate surface area is 160 Å². The molecule has 8 heteroatoms. The highest BCUT2D eigenvalue weighted by Gasteiger charge is 2.22. The minimum absolute atomic E-state index is 0.340. The first kappa shape index (κ1) is 16.9. The first-order chi connectivity index (χ1) is 13.6. The number of aromatic nitrogens is 4. The standard InChI is InChI=1S/C20H20N6O2/c1-12-9-26(10-13(2)22-12)17-5-4-14-8-15(19(27)28-18(14)24-17)16-11-25-7-3-6-21-20(25)23-16/h3-8,11-13,22H,9-10H2,1-2H3/t12-,13+. The van der Waals surface area contributed by atoms with Crippen molar-refractivity contribution in [2.75, 3.05) is 18.0 Å². The molecule has 1 fully saturated rings. The Kier molecular flexibility index (Phi) is 3.87. The van der Waals surface area contributed by atoms with Crippen LogP contribution in [0.2, 0.25) is 0 Å². The molecular formula is C20H20N6O2. The van der Waals surface area contributed by atoms with Gasteiger partial charge in [0.15, 0.2) is 0 Å². The average Bonchev–Trinajstić information content (AvgIpc) is 3.10. The number of imidazole rings is 1. The fourth-order valence-electron chi connectivity index (χ4n) is 3.82. The lowest BCUT2D eigenvalue weighted by atomic mass is 10.1. The lowest BCUT2D eigenvalue weighted by Crippen LogP contribution is -2.54. The molecule has 1 N–H and O–H groups in total. The molecule has 2 atom stereocenters. The highest BCUT2D eigenvalue weighted by molar-refractivity contribution is 5.80. The van der Waals surface area contributed by atoms with E-state index in [4.69, 9.17) is 4.42 Å². The van der Waals surface area contributed by atoms with E-state index in [0.717, 1.165) is 24.3 Å². The maximum Gasteiger partial charge on any atom is 0.347 e. The van der Waals surface area contributed by atoms with E-state index in [9.17, 15) is 4.79 Å². The van der Waals surface area contributed by atoms with Gasteiger partial charge in [0.05, 0.1) is 11.3 Å². The summed E-state index contributed by atoms with van der Waals surface area (Å²) in [6, 6.07) is 8.25. The van der Waals surface area contributed by atoms with Gasteiger partial charge in [-0.05, 0) is 38.1 Å². The van der Waals surface area contributed by atoms with E-state index >= 15 is 0 Å². The molecule has 1 saturated heterocycles. The zero-order chi connectivity index (χ0) is 19.3. The summed E-state index contributed by atoms with van der Waals surface area (Å²) in [5.74, 6) is 1.35. The minimum Gasteiger partial charge on any atom is -0.403 e. The van der Waals surface area contributed by atoms with Gasteiger partial charge in [-0.3, -0.25) is 4.40 Å². The lowest BCUT2D eigenvalue weighted by molar-refractivity contribution is 0.405. The number of nitrogens with one attached hydrogen (secondary N) is 1. The summed E-state index contributed by atoms with van der Waals surface area (Å²) in [4.78, 5) is 28.0. The van der Waals surface area contributed by atoms with Crippen molar-refractivity contribution < 1.29 is 4.42 Å². The second kappa shape index (κ2) is 6.42. The van der Waals surface area contributed by atoms with Crippen LogP contribution in [0.1, 0.15) is 13.8 Å². The molecule has 8 nitrogen and oxygen atoms in total. The molecule has 5 rings (SSSR count). The Morgan fingerprint density at radius 3 is 2.79 bits per heavy atom. The molecule has 0 aromatic carbocycles. The molecular weight excluding hydrogens is 356 g/mol. The molecule has 0 aliphatic carbocycles. The second-order valence-electron chi connectivity index (χ2n) is 7.34. The summed E-state index contributed by atoms with van der Waals surface area (Å²) >= 11 is 0. The molecule has 28 heavy (non-hydrogen) atoms. The molecule has 0 amide bonds. The largest absolute Gasteiger partial charge is 0.403 e. The average molecular weight is 376 g/mol. The molecule has 0 bridgehead atoms. The van der Waals surface area contributed by atoms with Gasteiger partial charge in [-0.25, -0.2) is 14.8 Å². The van der Waals surface area contributed by atoms with Gasteiger partial charge in [0.25, 0.3) is 0 Å². The Balaban J connectivity index is 1.55. The highest BCUT2D eigenvalue weighted by Crippen LogP contribution is 2.23. The monoisotopic (exact) mass is 376 g/mol. The van der Waals surface area contributed by atoms with Crippen molar-refractivity contribution in [3.8, 4) is 11.3 Å². The number of hydrogen-bond donors (Lipinski definition) is 1. The van der Waals surface area contributed by atoms with Crippen molar-refractivity contribution in [2.45, 2.75) is 25.9 Å². The van der Waals surface area contributed by atoms with Gasteiger partial charge in [-0.1, -0.05) is 0 Å². The SMILES string of the molecule is C[C@@H]1CN(c2ccc3cc(-c4cn5cccnc5n4)c(=O)oc3n2)C[C@H](C)N1. The number of anilines is 1. The third kappa shape index (κ3) is 2.91. The smallest absolute Gasteiger partial charge is 0.347 e. The molecule has 4 aromatic rings. The third-order valence-corrected chi connectivity index (χ3v) is 4.98. The van der Waals surface area contributed by atoms with Gasteiger partial charge in [0.2, 0.25) is 11.5 Å². The maximum absolute atomic E-state index is 12.6. The van der Waals surface area contributed by atoms with Gasteiger partial charge in [-0.15, -0.1) is 0 Å². The number of hydrogen-bond acceptors (Lipinski definition) is 7. The Hall–Kier alpha value is -3.26. The quantitative estimate of drug-likeness (QED) is 0.573. The van der Waals surface area contributed by atoms with Crippen molar-refractivity contribution in [2.24, 2.45) is 0 Å². The Morgan fingerprint density at radius 1 is 1.18 bits per heavy atom. The van der Waals surface area contributed by atoms with Crippen molar-refractivity contribution in [3.05, 3.63) is 53.3 Å². The Morgan fingerprint density at radius 2 is 2.00 bits per heavy atom. The van der Waals surface area contributed by atoms with Crippen LogP contribution in [0.25, 0.3) is 28.1 Å².